The van der Waals surface area contributed by atoms with Crippen molar-refractivity contribution in [2.24, 2.45) is 0 Å². The molecule has 1 heterocycles. The van der Waals surface area contributed by atoms with Crippen LogP contribution in [0.1, 0.15) is 107 Å². The molecule has 0 saturated carbocycles. The number of allylic oxidation sites excluding steroid dienone is 2. The molecule has 0 atom stereocenters. The van der Waals surface area contributed by atoms with Crippen LogP contribution in [-0.2, 0) is 11.2 Å². The third kappa shape index (κ3) is 9.85. The molecule has 2 N–H and O–H groups in total. The number of carboxylic acid groups (broad SMARTS) is 1. The standard InChI is InChI=1S/C28H41NO4/c1-2-3-4-5-6-7-8-9-10-11-12-13-14-15-16-17-27(31)29-22-23(20-28(32)33)25-21-24(30)18-19-26(25)29/h9-10,18-19,21-22,30H,2-8,11-17,20H2,1H3,(H,32,33). The maximum Gasteiger partial charge on any atom is 0.307 e. The number of benzene rings is 1. The molecule has 0 aliphatic heterocycles. The molecule has 2 aromatic rings. The molecular weight excluding hydrogens is 414 g/mol. The largest absolute Gasteiger partial charge is 0.508 e. The minimum absolute atomic E-state index is 0.0278. The highest BCUT2D eigenvalue weighted by atomic mass is 16.4. The van der Waals surface area contributed by atoms with Crippen molar-refractivity contribution in [3.63, 3.8) is 0 Å². The lowest BCUT2D eigenvalue weighted by molar-refractivity contribution is -0.136. The van der Waals surface area contributed by atoms with Crippen molar-refractivity contribution in [3.8, 4) is 5.75 Å². The number of hydrogen-bond acceptors (Lipinski definition) is 3. The Kier molecular flexibility index (Phi) is 12.4. The number of nitrogens with zero attached hydrogens (tertiary/aromatic N) is 1. The zero-order valence-corrected chi connectivity index (χ0v) is 20.2. The van der Waals surface area contributed by atoms with Gasteiger partial charge in [0.25, 0.3) is 0 Å². The molecule has 182 valence electrons. The molecule has 0 amide bonds. The lowest BCUT2D eigenvalue weighted by Gasteiger charge is -2.05. The summed E-state index contributed by atoms with van der Waals surface area (Å²) < 4.78 is 1.54. The maximum absolute atomic E-state index is 12.7. The van der Waals surface area contributed by atoms with Gasteiger partial charge in [-0.05, 0) is 55.9 Å². The number of carbonyl (C=O) groups is 2. The lowest BCUT2D eigenvalue weighted by atomic mass is 10.1. The fourth-order valence-corrected chi connectivity index (χ4v) is 4.26. The summed E-state index contributed by atoms with van der Waals surface area (Å²) in [5.41, 5.74) is 1.20. The van der Waals surface area contributed by atoms with Gasteiger partial charge in [0.2, 0.25) is 5.91 Å². The van der Waals surface area contributed by atoms with E-state index in [0.717, 1.165) is 25.7 Å². The van der Waals surface area contributed by atoms with Crippen LogP contribution >= 0.6 is 0 Å². The molecule has 0 fully saturated rings. The molecule has 1 aromatic carbocycles. The number of carbonyl (C=O) groups excluding carboxylic acids is 1. The van der Waals surface area contributed by atoms with Crippen molar-refractivity contribution in [2.75, 3.05) is 0 Å². The van der Waals surface area contributed by atoms with Crippen molar-refractivity contribution in [1.29, 1.82) is 0 Å². The minimum Gasteiger partial charge on any atom is -0.508 e. The Balaban J connectivity index is 1.62. The van der Waals surface area contributed by atoms with Gasteiger partial charge in [0.1, 0.15) is 5.75 Å². The predicted octanol–water partition coefficient (Wildman–Crippen LogP) is 7.65. The molecule has 0 spiro atoms. The van der Waals surface area contributed by atoms with Gasteiger partial charge < -0.3 is 10.2 Å². The lowest BCUT2D eigenvalue weighted by Crippen LogP contribution is -2.09. The normalized spacial score (nSPS) is 11.5. The number of hydrogen-bond donors (Lipinski definition) is 2. The molecule has 5 nitrogen and oxygen atoms in total. The van der Waals surface area contributed by atoms with Crippen LogP contribution < -0.4 is 0 Å². The molecule has 0 saturated heterocycles. The van der Waals surface area contributed by atoms with Gasteiger partial charge in [0.05, 0.1) is 11.9 Å². The van der Waals surface area contributed by atoms with Gasteiger partial charge in [-0.3, -0.25) is 14.2 Å². The van der Waals surface area contributed by atoms with Crippen molar-refractivity contribution in [2.45, 2.75) is 103 Å². The van der Waals surface area contributed by atoms with Crippen LogP contribution in [0.2, 0.25) is 0 Å². The Bertz CT molecular complexity index is 897. The summed E-state index contributed by atoms with van der Waals surface area (Å²) >= 11 is 0. The number of unbranched alkanes of at least 4 members (excludes halogenated alkanes) is 11. The Labute approximate surface area is 198 Å². The SMILES string of the molecule is CCCCCCCCC=CCCCCCCCC(=O)n1cc(CC(=O)O)c2cc(O)ccc21. The summed E-state index contributed by atoms with van der Waals surface area (Å²) in [5, 5.41) is 19.5. The van der Waals surface area contributed by atoms with E-state index in [-0.39, 0.29) is 18.1 Å². The summed E-state index contributed by atoms with van der Waals surface area (Å²) in [4.78, 5) is 23.9. The highest BCUT2D eigenvalue weighted by molar-refractivity contribution is 5.96. The quantitative estimate of drug-likeness (QED) is 0.190. The average molecular weight is 456 g/mol. The number of aliphatic carboxylic acids is 1. The van der Waals surface area contributed by atoms with E-state index in [4.69, 9.17) is 5.11 Å². The number of rotatable bonds is 17. The highest BCUT2D eigenvalue weighted by Gasteiger charge is 2.16. The van der Waals surface area contributed by atoms with Crippen LogP contribution in [0.15, 0.2) is 36.5 Å². The minimum atomic E-state index is -0.956. The van der Waals surface area contributed by atoms with E-state index in [0.29, 0.717) is 22.9 Å². The number of fused-ring (bicyclic) bond motifs is 1. The fraction of sp³-hybridized carbons (Fsp3) is 0.571. The zero-order valence-electron chi connectivity index (χ0n) is 20.2. The highest BCUT2D eigenvalue weighted by Crippen LogP contribution is 2.26. The molecule has 2 rings (SSSR count). The van der Waals surface area contributed by atoms with Gasteiger partial charge in [-0.25, -0.2) is 0 Å². The Morgan fingerprint density at radius 2 is 1.48 bits per heavy atom. The van der Waals surface area contributed by atoms with Crippen LogP contribution in [0.4, 0.5) is 0 Å². The molecule has 0 bridgehead atoms. The van der Waals surface area contributed by atoms with Crippen molar-refractivity contribution in [1.82, 2.24) is 4.57 Å². The number of aromatic hydroxyl groups is 1. The average Bonchev–Trinajstić information content (AvgIpc) is 3.13. The zero-order chi connectivity index (χ0) is 23.9. The molecule has 1 aromatic heterocycles. The third-order valence-corrected chi connectivity index (χ3v) is 6.13. The number of phenolic OH excluding ortho intramolecular Hbond substituents is 1. The van der Waals surface area contributed by atoms with E-state index in [1.165, 1.54) is 69.9 Å². The number of phenols is 1. The van der Waals surface area contributed by atoms with E-state index < -0.39 is 5.97 Å². The van der Waals surface area contributed by atoms with Gasteiger partial charge in [0, 0.05) is 18.0 Å². The van der Waals surface area contributed by atoms with Crippen molar-refractivity contribution >= 4 is 22.8 Å². The molecule has 0 unspecified atom stereocenters. The molecular formula is C28H41NO4. The Morgan fingerprint density at radius 3 is 2.12 bits per heavy atom. The van der Waals surface area contributed by atoms with Crippen LogP contribution in [0.5, 0.6) is 5.75 Å². The summed E-state index contributed by atoms with van der Waals surface area (Å²) in [6.45, 7) is 2.25. The maximum atomic E-state index is 12.7. The topological polar surface area (TPSA) is 79.5 Å². The van der Waals surface area contributed by atoms with Crippen LogP contribution in [0.25, 0.3) is 10.9 Å². The molecule has 0 aliphatic carbocycles. The van der Waals surface area contributed by atoms with Gasteiger partial charge in [-0.15, -0.1) is 0 Å². The van der Waals surface area contributed by atoms with E-state index in [9.17, 15) is 14.7 Å². The van der Waals surface area contributed by atoms with Gasteiger partial charge >= 0.3 is 5.97 Å². The fourth-order valence-electron chi connectivity index (χ4n) is 4.26. The monoisotopic (exact) mass is 455 g/mol. The molecule has 33 heavy (non-hydrogen) atoms. The first-order valence-electron chi connectivity index (χ1n) is 12.8. The number of carboxylic acids is 1. The second-order valence-corrected chi connectivity index (χ2v) is 9.02. The van der Waals surface area contributed by atoms with Gasteiger partial charge in [-0.1, -0.05) is 70.4 Å². The summed E-state index contributed by atoms with van der Waals surface area (Å²) in [5.74, 6) is -0.918. The van der Waals surface area contributed by atoms with Crippen LogP contribution in [0, 0.1) is 0 Å². The second kappa shape index (κ2) is 15.3. The van der Waals surface area contributed by atoms with E-state index in [1.54, 1.807) is 16.8 Å². The smallest absolute Gasteiger partial charge is 0.307 e. The summed E-state index contributed by atoms with van der Waals surface area (Å²) in [6, 6.07) is 4.73. The Hall–Kier alpha value is -2.56. The van der Waals surface area contributed by atoms with Crippen molar-refractivity contribution in [3.05, 3.63) is 42.1 Å². The molecule has 5 heteroatoms. The first kappa shape index (κ1) is 26.7. The first-order valence-corrected chi connectivity index (χ1v) is 12.8. The predicted molar refractivity (Wildman–Crippen MR) is 135 cm³/mol. The van der Waals surface area contributed by atoms with Crippen LogP contribution in [0.3, 0.4) is 0 Å². The molecule has 0 aliphatic rings. The molecule has 0 radical (unpaired) electrons. The first-order chi connectivity index (χ1) is 16.0. The van der Waals surface area contributed by atoms with Crippen LogP contribution in [-0.4, -0.2) is 26.7 Å². The van der Waals surface area contributed by atoms with Gasteiger partial charge in [0.15, 0.2) is 0 Å². The van der Waals surface area contributed by atoms with Gasteiger partial charge in [-0.2, -0.15) is 0 Å². The summed E-state index contributed by atoms with van der Waals surface area (Å²) in [7, 11) is 0. The van der Waals surface area contributed by atoms with E-state index >= 15 is 0 Å². The summed E-state index contributed by atoms with van der Waals surface area (Å²) in [6.07, 6.45) is 22.3. The van der Waals surface area contributed by atoms with E-state index in [2.05, 4.69) is 19.1 Å². The second-order valence-electron chi connectivity index (χ2n) is 9.02. The van der Waals surface area contributed by atoms with Crippen molar-refractivity contribution < 1.29 is 19.8 Å². The Morgan fingerprint density at radius 1 is 0.879 bits per heavy atom. The van der Waals surface area contributed by atoms with E-state index in [1.807, 2.05) is 0 Å². The number of aromatic nitrogens is 1. The third-order valence-electron chi connectivity index (χ3n) is 6.13.